The molecular formula is C23H39IN8. The first-order chi connectivity index (χ1) is 14.9. The molecule has 1 saturated heterocycles. The molecule has 0 atom stereocenters. The van der Waals surface area contributed by atoms with Crippen LogP contribution in [-0.2, 0) is 20.1 Å². The summed E-state index contributed by atoms with van der Waals surface area (Å²) in [5.41, 5.74) is 3.52. The van der Waals surface area contributed by atoms with E-state index >= 15 is 0 Å². The van der Waals surface area contributed by atoms with Crippen molar-refractivity contribution in [1.82, 2.24) is 29.9 Å². The Hall–Kier alpha value is -1.88. The monoisotopic (exact) mass is 554 g/mol. The number of guanidine groups is 1. The normalized spacial score (nSPS) is 15.1. The molecule has 1 aliphatic heterocycles. The van der Waals surface area contributed by atoms with Gasteiger partial charge in [-0.15, -0.1) is 24.0 Å². The Balaban J connectivity index is 0.00000363. The first-order valence-electron chi connectivity index (χ1n) is 11.3. The summed E-state index contributed by atoms with van der Waals surface area (Å²) < 4.78 is 1.89. The van der Waals surface area contributed by atoms with Crippen LogP contribution in [0.3, 0.4) is 0 Å². The Morgan fingerprint density at radius 1 is 1.22 bits per heavy atom. The van der Waals surface area contributed by atoms with E-state index in [1.165, 1.54) is 5.56 Å². The van der Waals surface area contributed by atoms with Crippen molar-refractivity contribution in [3.8, 4) is 0 Å². The van der Waals surface area contributed by atoms with Crippen molar-refractivity contribution < 1.29 is 0 Å². The van der Waals surface area contributed by atoms with Gasteiger partial charge in [0, 0.05) is 78.4 Å². The standard InChI is InChI=1S/C23H38N8.HI/c1-7-30-10-12-31(13-11-30)21-9-8-19(14-25-21)15-26-23(24-4)28(5)16-20-17-29(6)27-22(20)18(2)3;/h8-9,14,17-18H,7,10-13,15-16H2,1-6H3,(H,24,26);1H. The van der Waals surface area contributed by atoms with E-state index in [1.54, 1.807) is 0 Å². The number of aromatic nitrogens is 3. The highest BCUT2D eigenvalue weighted by molar-refractivity contribution is 14.0. The molecule has 9 heteroatoms. The second-order valence-corrected chi connectivity index (χ2v) is 8.57. The molecule has 3 heterocycles. The molecule has 3 rings (SSSR count). The van der Waals surface area contributed by atoms with Gasteiger partial charge in [0.2, 0.25) is 0 Å². The van der Waals surface area contributed by atoms with Crippen molar-refractivity contribution in [2.75, 3.05) is 51.7 Å². The van der Waals surface area contributed by atoms with Gasteiger partial charge in [0.1, 0.15) is 5.82 Å². The van der Waals surface area contributed by atoms with Gasteiger partial charge in [-0.3, -0.25) is 9.67 Å². The maximum Gasteiger partial charge on any atom is 0.193 e. The van der Waals surface area contributed by atoms with Gasteiger partial charge in [-0.2, -0.15) is 5.10 Å². The summed E-state index contributed by atoms with van der Waals surface area (Å²) >= 11 is 0. The fourth-order valence-electron chi connectivity index (χ4n) is 4.06. The topological polar surface area (TPSA) is 64.8 Å². The lowest BCUT2D eigenvalue weighted by Crippen LogP contribution is -2.46. The van der Waals surface area contributed by atoms with Gasteiger partial charge in [0.05, 0.1) is 5.69 Å². The molecular weight excluding hydrogens is 515 g/mol. The lowest BCUT2D eigenvalue weighted by Gasteiger charge is -2.34. The van der Waals surface area contributed by atoms with Crippen molar-refractivity contribution in [3.63, 3.8) is 0 Å². The van der Waals surface area contributed by atoms with E-state index in [9.17, 15) is 0 Å². The first kappa shape index (κ1) is 26.4. The summed E-state index contributed by atoms with van der Waals surface area (Å²) in [5, 5.41) is 8.07. The Morgan fingerprint density at radius 3 is 2.50 bits per heavy atom. The highest BCUT2D eigenvalue weighted by atomic mass is 127. The van der Waals surface area contributed by atoms with Crippen LogP contribution in [0.1, 0.15) is 43.5 Å². The molecule has 0 saturated carbocycles. The molecule has 0 aromatic carbocycles. The largest absolute Gasteiger partial charge is 0.354 e. The second kappa shape index (κ2) is 12.4. The van der Waals surface area contributed by atoms with Crippen LogP contribution in [0.25, 0.3) is 0 Å². The summed E-state index contributed by atoms with van der Waals surface area (Å²) in [4.78, 5) is 16.2. The number of likely N-dealkylation sites (N-methyl/N-ethyl adjacent to an activating group) is 1. The van der Waals surface area contributed by atoms with E-state index in [-0.39, 0.29) is 24.0 Å². The number of rotatable bonds is 7. The van der Waals surface area contributed by atoms with E-state index < -0.39 is 0 Å². The Morgan fingerprint density at radius 2 is 1.94 bits per heavy atom. The number of nitrogens with one attached hydrogen (secondary N) is 1. The molecule has 0 unspecified atom stereocenters. The molecule has 0 radical (unpaired) electrons. The number of aliphatic imine (C=N–C) groups is 1. The number of nitrogens with zero attached hydrogens (tertiary/aromatic N) is 7. The molecule has 0 bridgehead atoms. The minimum absolute atomic E-state index is 0. The first-order valence-corrected chi connectivity index (χ1v) is 11.3. The summed E-state index contributed by atoms with van der Waals surface area (Å²) in [6.07, 6.45) is 4.07. The molecule has 1 N–H and O–H groups in total. The lowest BCUT2D eigenvalue weighted by atomic mass is 10.1. The SMILES string of the molecule is CCN1CCN(c2ccc(CNC(=NC)N(C)Cc3cn(C)nc3C(C)C)cn2)CC1.I. The third-order valence-corrected chi connectivity index (χ3v) is 5.87. The average Bonchev–Trinajstić information content (AvgIpc) is 3.15. The highest BCUT2D eigenvalue weighted by Gasteiger charge is 2.17. The van der Waals surface area contributed by atoms with Crippen molar-refractivity contribution >= 4 is 35.8 Å². The number of piperazine rings is 1. The summed E-state index contributed by atoms with van der Waals surface area (Å²) in [7, 11) is 5.86. The smallest absolute Gasteiger partial charge is 0.193 e. The van der Waals surface area contributed by atoms with E-state index in [4.69, 9.17) is 4.98 Å². The Kier molecular flexibility index (Phi) is 10.2. The van der Waals surface area contributed by atoms with Crippen LogP contribution in [0.2, 0.25) is 0 Å². The van der Waals surface area contributed by atoms with Gasteiger partial charge in [0.25, 0.3) is 0 Å². The summed E-state index contributed by atoms with van der Waals surface area (Å²) in [6.45, 7) is 13.5. The lowest BCUT2D eigenvalue weighted by molar-refractivity contribution is 0.270. The van der Waals surface area contributed by atoms with Gasteiger partial charge in [-0.1, -0.05) is 26.8 Å². The molecule has 0 spiro atoms. The van der Waals surface area contributed by atoms with E-state index in [0.29, 0.717) is 12.5 Å². The van der Waals surface area contributed by atoms with Gasteiger partial charge < -0.3 is 20.0 Å². The maximum atomic E-state index is 4.71. The van der Waals surface area contributed by atoms with Crippen molar-refractivity contribution in [2.45, 2.75) is 39.8 Å². The highest BCUT2D eigenvalue weighted by Crippen LogP contribution is 2.19. The molecule has 32 heavy (non-hydrogen) atoms. The number of aryl methyl sites for hydroxylation is 1. The van der Waals surface area contributed by atoms with Crippen molar-refractivity contribution in [3.05, 3.63) is 41.3 Å². The predicted octanol–water partition coefficient (Wildman–Crippen LogP) is 2.91. The molecule has 8 nitrogen and oxygen atoms in total. The average molecular weight is 555 g/mol. The number of pyridine rings is 1. The van der Waals surface area contributed by atoms with E-state index in [0.717, 1.165) is 62.3 Å². The molecule has 0 aliphatic carbocycles. The van der Waals surface area contributed by atoms with Crippen LogP contribution in [0.4, 0.5) is 5.82 Å². The van der Waals surface area contributed by atoms with Crippen LogP contribution < -0.4 is 10.2 Å². The molecule has 1 fully saturated rings. The number of hydrogen-bond donors (Lipinski definition) is 1. The molecule has 2 aromatic rings. The Labute approximate surface area is 210 Å². The van der Waals surface area contributed by atoms with Crippen LogP contribution in [-0.4, -0.2) is 77.3 Å². The number of hydrogen-bond acceptors (Lipinski definition) is 5. The fourth-order valence-corrected chi connectivity index (χ4v) is 4.06. The van der Waals surface area contributed by atoms with Gasteiger partial charge in [-0.05, 0) is 24.1 Å². The number of anilines is 1. The maximum absolute atomic E-state index is 4.71. The van der Waals surface area contributed by atoms with Gasteiger partial charge in [-0.25, -0.2) is 4.98 Å². The van der Waals surface area contributed by atoms with Crippen LogP contribution >= 0.6 is 24.0 Å². The van der Waals surface area contributed by atoms with Crippen molar-refractivity contribution in [2.24, 2.45) is 12.0 Å². The van der Waals surface area contributed by atoms with E-state index in [1.807, 2.05) is 25.0 Å². The van der Waals surface area contributed by atoms with Gasteiger partial charge >= 0.3 is 0 Å². The summed E-state index contributed by atoms with van der Waals surface area (Å²) in [6, 6.07) is 4.29. The van der Waals surface area contributed by atoms with Crippen LogP contribution in [0.15, 0.2) is 29.5 Å². The minimum atomic E-state index is 0. The second-order valence-electron chi connectivity index (χ2n) is 8.57. The molecule has 2 aromatic heterocycles. The third kappa shape index (κ3) is 6.81. The molecule has 178 valence electrons. The predicted molar refractivity (Wildman–Crippen MR) is 143 cm³/mol. The quantitative estimate of drug-likeness (QED) is 0.323. The summed E-state index contributed by atoms with van der Waals surface area (Å²) in [5.74, 6) is 2.33. The third-order valence-electron chi connectivity index (χ3n) is 5.87. The number of halogens is 1. The fraction of sp³-hybridized carbons (Fsp3) is 0.609. The zero-order chi connectivity index (χ0) is 22.4. The minimum Gasteiger partial charge on any atom is -0.354 e. The van der Waals surface area contributed by atoms with Gasteiger partial charge in [0.15, 0.2) is 5.96 Å². The van der Waals surface area contributed by atoms with Crippen LogP contribution in [0.5, 0.6) is 0 Å². The molecule has 1 aliphatic rings. The van der Waals surface area contributed by atoms with Crippen LogP contribution in [0, 0.1) is 0 Å². The van der Waals surface area contributed by atoms with E-state index in [2.05, 4.69) is 76.3 Å². The molecule has 0 amide bonds. The zero-order valence-electron chi connectivity index (χ0n) is 20.4. The van der Waals surface area contributed by atoms with Crippen molar-refractivity contribution in [1.29, 1.82) is 0 Å². The zero-order valence-corrected chi connectivity index (χ0v) is 22.7. The Bertz CT molecular complexity index is 853.